The van der Waals surface area contributed by atoms with Gasteiger partial charge in [0.25, 0.3) is 5.91 Å². The van der Waals surface area contributed by atoms with Crippen LogP contribution in [-0.2, 0) is 22.1 Å². The zero-order valence-corrected chi connectivity index (χ0v) is 16.4. The third kappa shape index (κ3) is 3.74. The number of benzene rings is 2. The second kappa shape index (κ2) is 7.34. The number of alkyl halides is 3. The van der Waals surface area contributed by atoms with Crippen molar-refractivity contribution in [1.29, 1.82) is 0 Å². The average Bonchev–Trinajstić information content (AvgIpc) is 3.22. The van der Waals surface area contributed by atoms with Crippen LogP contribution in [-0.4, -0.2) is 18.1 Å². The van der Waals surface area contributed by atoms with Crippen LogP contribution in [0.15, 0.2) is 36.4 Å². The maximum Gasteiger partial charge on any atom is 0.416 e. The summed E-state index contributed by atoms with van der Waals surface area (Å²) in [6.45, 7) is 3.62. The molecule has 158 valence electrons. The summed E-state index contributed by atoms with van der Waals surface area (Å²) in [5, 5.41) is 2.15. The highest BCUT2D eigenvalue weighted by Crippen LogP contribution is 2.41. The summed E-state index contributed by atoms with van der Waals surface area (Å²) >= 11 is 0. The van der Waals surface area contributed by atoms with Crippen LogP contribution in [0.2, 0.25) is 0 Å². The van der Waals surface area contributed by atoms with Crippen molar-refractivity contribution in [1.82, 2.24) is 5.32 Å². The molecule has 0 spiro atoms. The van der Waals surface area contributed by atoms with Gasteiger partial charge in [0, 0.05) is 5.92 Å². The van der Waals surface area contributed by atoms with Gasteiger partial charge in [0.1, 0.15) is 11.5 Å². The van der Waals surface area contributed by atoms with Crippen molar-refractivity contribution in [3.63, 3.8) is 0 Å². The van der Waals surface area contributed by atoms with Crippen LogP contribution >= 0.6 is 0 Å². The first-order valence-electron chi connectivity index (χ1n) is 9.67. The number of halogens is 3. The summed E-state index contributed by atoms with van der Waals surface area (Å²) < 4.78 is 50.2. The standard InChI is InChI=1S/C22H20F3NO4/c1-11(2)17-10-13(22(23,24)25)4-8-18(17)29-14-5-7-15-12(9-14)3-6-16(15)19-20(27)26-21(28)30-19/h4-5,7-11,16,19H,3,6H2,1-2H3,(H,26,27,28)/t16-,19-/m1/s1. The molecular weight excluding hydrogens is 399 g/mol. The fraction of sp³-hybridized carbons (Fsp3) is 0.364. The molecule has 4 rings (SSSR count). The Hall–Kier alpha value is -3.03. The van der Waals surface area contributed by atoms with Crippen molar-refractivity contribution in [3.8, 4) is 11.5 Å². The zero-order chi connectivity index (χ0) is 21.6. The number of hydrogen-bond donors (Lipinski definition) is 1. The van der Waals surface area contributed by atoms with E-state index in [4.69, 9.17) is 9.47 Å². The lowest BCUT2D eigenvalue weighted by atomic mass is 9.95. The summed E-state index contributed by atoms with van der Waals surface area (Å²) in [5.41, 5.74) is 1.64. The molecule has 30 heavy (non-hydrogen) atoms. The molecule has 1 saturated heterocycles. The molecule has 1 heterocycles. The van der Waals surface area contributed by atoms with E-state index in [0.29, 0.717) is 29.9 Å². The van der Waals surface area contributed by atoms with Gasteiger partial charge in [-0.05, 0) is 65.8 Å². The van der Waals surface area contributed by atoms with E-state index in [2.05, 4.69) is 5.32 Å². The Morgan fingerprint density at radius 3 is 2.53 bits per heavy atom. The average molecular weight is 419 g/mol. The number of ether oxygens (including phenoxy) is 2. The Bertz CT molecular complexity index is 1020. The number of cyclic esters (lactones) is 1. The van der Waals surface area contributed by atoms with E-state index >= 15 is 0 Å². The van der Waals surface area contributed by atoms with Crippen LogP contribution in [0, 0.1) is 0 Å². The highest BCUT2D eigenvalue weighted by molar-refractivity contribution is 6.00. The lowest BCUT2D eigenvalue weighted by molar-refractivity contribution is -0.137. The molecule has 1 N–H and O–H groups in total. The second-order valence-corrected chi connectivity index (χ2v) is 7.83. The Labute approximate surface area is 171 Å². The molecule has 1 fully saturated rings. The molecule has 0 bridgehead atoms. The molecule has 1 aliphatic carbocycles. The summed E-state index contributed by atoms with van der Waals surface area (Å²) in [6.07, 6.45) is -4.65. The number of aryl methyl sites for hydroxylation is 1. The summed E-state index contributed by atoms with van der Waals surface area (Å²) in [6, 6.07) is 8.84. The third-order valence-electron chi connectivity index (χ3n) is 5.51. The van der Waals surface area contributed by atoms with Crippen molar-refractivity contribution in [2.75, 3.05) is 0 Å². The van der Waals surface area contributed by atoms with Gasteiger partial charge in [-0.1, -0.05) is 19.9 Å². The van der Waals surface area contributed by atoms with Gasteiger partial charge < -0.3 is 9.47 Å². The first kappa shape index (κ1) is 20.3. The van der Waals surface area contributed by atoms with Gasteiger partial charge in [0.05, 0.1) is 5.56 Å². The number of fused-ring (bicyclic) bond motifs is 1. The van der Waals surface area contributed by atoms with Crippen LogP contribution < -0.4 is 10.1 Å². The highest BCUT2D eigenvalue weighted by atomic mass is 19.4. The molecule has 0 unspecified atom stereocenters. The predicted octanol–water partition coefficient (Wildman–Crippen LogP) is 5.29. The molecule has 0 radical (unpaired) electrons. The van der Waals surface area contributed by atoms with Gasteiger partial charge in [-0.25, -0.2) is 4.79 Å². The zero-order valence-electron chi connectivity index (χ0n) is 16.4. The van der Waals surface area contributed by atoms with E-state index in [9.17, 15) is 22.8 Å². The van der Waals surface area contributed by atoms with Gasteiger partial charge in [-0.3, -0.25) is 10.1 Å². The number of rotatable bonds is 4. The number of imide groups is 1. The Morgan fingerprint density at radius 2 is 1.90 bits per heavy atom. The lowest BCUT2D eigenvalue weighted by Gasteiger charge is -2.18. The molecule has 0 saturated carbocycles. The molecule has 1 aliphatic heterocycles. The van der Waals surface area contributed by atoms with Crippen molar-refractivity contribution >= 4 is 12.0 Å². The van der Waals surface area contributed by atoms with Crippen molar-refractivity contribution < 1.29 is 32.2 Å². The minimum absolute atomic E-state index is 0.156. The smallest absolute Gasteiger partial charge is 0.416 e. The molecule has 2 amide bonds. The third-order valence-corrected chi connectivity index (χ3v) is 5.51. The fourth-order valence-electron chi connectivity index (χ4n) is 4.04. The molecule has 2 aromatic carbocycles. The minimum Gasteiger partial charge on any atom is -0.457 e. The van der Waals surface area contributed by atoms with Crippen LogP contribution in [0.4, 0.5) is 18.0 Å². The normalized spacial score (nSPS) is 20.9. The van der Waals surface area contributed by atoms with Crippen LogP contribution in [0.5, 0.6) is 11.5 Å². The van der Waals surface area contributed by atoms with Crippen LogP contribution in [0.1, 0.15) is 54.4 Å². The quantitative estimate of drug-likeness (QED) is 0.732. The molecule has 2 aliphatic rings. The Kier molecular flexibility index (Phi) is 4.95. The van der Waals surface area contributed by atoms with Crippen molar-refractivity contribution in [3.05, 3.63) is 58.7 Å². The number of hydrogen-bond acceptors (Lipinski definition) is 4. The van der Waals surface area contributed by atoms with Gasteiger partial charge >= 0.3 is 12.3 Å². The van der Waals surface area contributed by atoms with Gasteiger partial charge in [0.15, 0.2) is 6.10 Å². The Morgan fingerprint density at radius 1 is 1.13 bits per heavy atom. The van der Waals surface area contributed by atoms with Crippen LogP contribution in [0.25, 0.3) is 0 Å². The fourth-order valence-corrected chi connectivity index (χ4v) is 4.04. The summed E-state index contributed by atoms with van der Waals surface area (Å²) in [7, 11) is 0. The van der Waals surface area contributed by atoms with E-state index in [0.717, 1.165) is 23.3 Å². The summed E-state index contributed by atoms with van der Waals surface area (Å²) in [4.78, 5) is 23.2. The maximum atomic E-state index is 13.1. The van der Waals surface area contributed by atoms with E-state index in [1.165, 1.54) is 6.07 Å². The number of nitrogens with one attached hydrogen (secondary N) is 1. The molecule has 2 atom stereocenters. The number of carbonyl (C=O) groups is 2. The van der Waals surface area contributed by atoms with Gasteiger partial charge in [0.2, 0.25) is 0 Å². The van der Waals surface area contributed by atoms with Crippen molar-refractivity contribution in [2.45, 2.75) is 50.8 Å². The van der Waals surface area contributed by atoms with E-state index < -0.39 is 29.8 Å². The Balaban J connectivity index is 1.59. The maximum absolute atomic E-state index is 13.1. The molecule has 0 aromatic heterocycles. The topological polar surface area (TPSA) is 64.6 Å². The SMILES string of the molecule is CC(C)c1cc(C(F)(F)F)ccc1Oc1ccc2c(c1)CC[C@H]2[C@H]1OC(=O)NC1=O. The van der Waals surface area contributed by atoms with Gasteiger partial charge in [-0.15, -0.1) is 0 Å². The lowest BCUT2D eigenvalue weighted by Crippen LogP contribution is -2.28. The monoisotopic (exact) mass is 419 g/mol. The van der Waals surface area contributed by atoms with Gasteiger partial charge in [-0.2, -0.15) is 13.2 Å². The van der Waals surface area contributed by atoms with Crippen LogP contribution in [0.3, 0.4) is 0 Å². The number of alkyl carbamates (subject to hydrolysis) is 1. The largest absolute Gasteiger partial charge is 0.457 e. The predicted molar refractivity (Wildman–Crippen MR) is 102 cm³/mol. The molecule has 5 nitrogen and oxygen atoms in total. The van der Waals surface area contributed by atoms with E-state index in [1.54, 1.807) is 6.07 Å². The van der Waals surface area contributed by atoms with Crippen molar-refractivity contribution in [2.24, 2.45) is 0 Å². The number of carbonyl (C=O) groups excluding carboxylic acids is 2. The minimum atomic E-state index is -4.42. The molecule has 2 aromatic rings. The first-order valence-corrected chi connectivity index (χ1v) is 9.67. The highest BCUT2D eigenvalue weighted by Gasteiger charge is 2.42. The second-order valence-electron chi connectivity index (χ2n) is 7.83. The number of amides is 2. The van der Waals surface area contributed by atoms with E-state index in [1.807, 2.05) is 26.0 Å². The summed E-state index contributed by atoms with van der Waals surface area (Å²) in [5.74, 6) is 0.0551. The van der Waals surface area contributed by atoms with E-state index in [-0.39, 0.29) is 11.8 Å². The first-order chi connectivity index (χ1) is 14.1. The molecular formula is C22H20F3NO4. The molecule has 8 heteroatoms.